The third-order valence-electron chi connectivity index (χ3n) is 4.26. The van der Waals surface area contributed by atoms with Crippen LogP contribution in [0.25, 0.3) is 0 Å². The van der Waals surface area contributed by atoms with Crippen molar-refractivity contribution in [1.29, 1.82) is 0 Å². The van der Waals surface area contributed by atoms with Gasteiger partial charge in [-0.2, -0.15) is 0 Å². The van der Waals surface area contributed by atoms with E-state index in [1.54, 1.807) is 26.1 Å². The quantitative estimate of drug-likeness (QED) is 0.797. The number of hydrogen-bond acceptors (Lipinski definition) is 5. The predicted octanol–water partition coefficient (Wildman–Crippen LogP) is 2.30. The number of nitrogens with one attached hydrogen (secondary N) is 2. The highest BCUT2D eigenvalue weighted by Gasteiger charge is 2.22. The zero-order valence-corrected chi connectivity index (χ0v) is 16.4. The molecule has 0 radical (unpaired) electrons. The second-order valence-electron chi connectivity index (χ2n) is 6.32. The third kappa shape index (κ3) is 4.25. The summed E-state index contributed by atoms with van der Waals surface area (Å²) in [5, 5.41) is 2.66. The summed E-state index contributed by atoms with van der Waals surface area (Å²) >= 11 is 0. The van der Waals surface area contributed by atoms with Crippen molar-refractivity contribution in [2.75, 3.05) is 30.2 Å². The minimum atomic E-state index is -3.86. The highest BCUT2D eigenvalue weighted by Crippen LogP contribution is 2.27. The minimum absolute atomic E-state index is 0.0386. The Morgan fingerprint density at radius 1 is 1.14 bits per heavy atom. The average molecular weight is 403 g/mol. The number of anilines is 2. The molecule has 0 saturated carbocycles. The van der Waals surface area contributed by atoms with Gasteiger partial charge >= 0.3 is 0 Å². The lowest BCUT2D eigenvalue weighted by atomic mass is 10.1. The van der Waals surface area contributed by atoms with Gasteiger partial charge in [-0.15, -0.1) is 0 Å². The standard InChI is InChI=1S/C19H21N3O5S/c1-3-18(23)20-13-4-7-15(8-5-13)28(25,26)21-14-6-9-17-16(12-14)19(24)22(2)10-11-27-17/h4-9,12,21H,3,10-11H2,1-2H3,(H,20,23). The number of amides is 2. The molecule has 3 rings (SSSR count). The molecule has 0 spiro atoms. The Bertz CT molecular complexity index is 1000. The number of carbonyl (C=O) groups is 2. The van der Waals surface area contributed by atoms with E-state index in [9.17, 15) is 18.0 Å². The second-order valence-corrected chi connectivity index (χ2v) is 8.00. The molecule has 0 unspecified atom stereocenters. The number of rotatable bonds is 5. The highest BCUT2D eigenvalue weighted by molar-refractivity contribution is 7.92. The van der Waals surface area contributed by atoms with Crippen molar-refractivity contribution in [3.8, 4) is 5.75 Å². The predicted molar refractivity (Wildman–Crippen MR) is 105 cm³/mol. The summed E-state index contributed by atoms with van der Waals surface area (Å²) < 4.78 is 33.3. The molecule has 1 aliphatic heterocycles. The molecule has 0 saturated heterocycles. The maximum absolute atomic E-state index is 12.6. The van der Waals surface area contributed by atoms with Crippen LogP contribution in [-0.4, -0.2) is 45.3 Å². The van der Waals surface area contributed by atoms with Crippen LogP contribution in [0.4, 0.5) is 11.4 Å². The van der Waals surface area contributed by atoms with Crippen LogP contribution in [-0.2, 0) is 14.8 Å². The Labute approximate surface area is 163 Å². The number of carbonyl (C=O) groups excluding carboxylic acids is 2. The van der Waals surface area contributed by atoms with Crippen molar-refractivity contribution in [2.45, 2.75) is 18.2 Å². The van der Waals surface area contributed by atoms with Gasteiger partial charge in [0.05, 0.1) is 17.0 Å². The molecule has 28 heavy (non-hydrogen) atoms. The van der Waals surface area contributed by atoms with Gasteiger partial charge in [0.2, 0.25) is 5.91 Å². The number of sulfonamides is 1. The summed E-state index contributed by atoms with van der Waals surface area (Å²) in [5.41, 5.74) is 1.08. The summed E-state index contributed by atoms with van der Waals surface area (Å²) in [4.78, 5) is 25.4. The fraction of sp³-hybridized carbons (Fsp3) is 0.263. The monoisotopic (exact) mass is 403 g/mol. The van der Waals surface area contributed by atoms with E-state index in [2.05, 4.69) is 10.0 Å². The van der Waals surface area contributed by atoms with E-state index in [4.69, 9.17) is 4.74 Å². The zero-order valence-electron chi connectivity index (χ0n) is 15.6. The van der Waals surface area contributed by atoms with Crippen molar-refractivity contribution < 1.29 is 22.7 Å². The highest BCUT2D eigenvalue weighted by atomic mass is 32.2. The molecular weight excluding hydrogens is 382 g/mol. The molecule has 2 aromatic carbocycles. The molecule has 2 amide bonds. The average Bonchev–Trinajstić information content (AvgIpc) is 2.81. The zero-order chi connectivity index (χ0) is 20.3. The lowest BCUT2D eigenvalue weighted by Crippen LogP contribution is -2.27. The van der Waals surface area contributed by atoms with Crippen LogP contribution in [0.3, 0.4) is 0 Å². The lowest BCUT2D eigenvalue weighted by molar-refractivity contribution is -0.115. The molecule has 1 aliphatic rings. The molecule has 0 aromatic heterocycles. The molecule has 2 aromatic rings. The van der Waals surface area contributed by atoms with Gasteiger partial charge in [-0.05, 0) is 42.5 Å². The normalized spacial score (nSPS) is 13.9. The van der Waals surface area contributed by atoms with Crippen LogP contribution in [0.5, 0.6) is 5.75 Å². The number of fused-ring (bicyclic) bond motifs is 1. The molecule has 9 heteroatoms. The first-order valence-electron chi connectivity index (χ1n) is 8.75. The Kier molecular flexibility index (Phi) is 5.55. The maximum atomic E-state index is 12.6. The molecule has 0 aliphatic carbocycles. The van der Waals surface area contributed by atoms with Crippen LogP contribution in [0.2, 0.25) is 0 Å². The number of likely N-dealkylation sites (N-methyl/N-ethyl adjacent to an activating group) is 1. The summed E-state index contributed by atoms with van der Waals surface area (Å²) in [7, 11) is -2.20. The van der Waals surface area contributed by atoms with Crippen LogP contribution in [0, 0.1) is 0 Å². The van der Waals surface area contributed by atoms with E-state index >= 15 is 0 Å². The summed E-state index contributed by atoms with van der Waals surface area (Å²) in [6.45, 7) is 2.56. The molecule has 0 bridgehead atoms. The fourth-order valence-corrected chi connectivity index (χ4v) is 3.72. The van der Waals surface area contributed by atoms with Crippen LogP contribution >= 0.6 is 0 Å². The molecule has 8 nitrogen and oxygen atoms in total. The van der Waals surface area contributed by atoms with E-state index in [0.29, 0.717) is 36.6 Å². The van der Waals surface area contributed by atoms with Gasteiger partial charge in [0.15, 0.2) is 0 Å². The maximum Gasteiger partial charge on any atom is 0.261 e. The molecule has 1 heterocycles. The van der Waals surface area contributed by atoms with E-state index in [1.807, 2.05) is 0 Å². The topological polar surface area (TPSA) is 105 Å². The smallest absolute Gasteiger partial charge is 0.261 e. The van der Waals surface area contributed by atoms with Crippen LogP contribution in [0.15, 0.2) is 47.4 Å². The van der Waals surface area contributed by atoms with Crippen molar-refractivity contribution in [1.82, 2.24) is 4.90 Å². The Morgan fingerprint density at radius 2 is 1.82 bits per heavy atom. The van der Waals surface area contributed by atoms with Crippen molar-refractivity contribution in [3.63, 3.8) is 0 Å². The largest absolute Gasteiger partial charge is 0.491 e. The van der Waals surface area contributed by atoms with Gasteiger partial charge in [0.1, 0.15) is 12.4 Å². The van der Waals surface area contributed by atoms with Crippen molar-refractivity contribution in [2.24, 2.45) is 0 Å². The Balaban J connectivity index is 1.82. The lowest BCUT2D eigenvalue weighted by Gasteiger charge is -2.14. The Morgan fingerprint density at radius 3 is 2.50 bits per heavy atom. The summed E-state index contributed by atoms with van der Waals surface area (Å²) in [5.74, 6) is 0.0356. The van der Waals surface area contributed by atoms with Gasteiger partial charge in [-0.25, -0.2) is 8.42 Å². The fourth-order valence-electron chi connectivity index (χ4n) is 2.67. The minimum Gasteiger partial charge on any atom is -0.491 e. The number of ether oxygens (including phenoxy) is 1. The van der Waals surface area contributed by atoms with Gasteiger partial charge in [-0.3, -0.25) is 14.3 Å². The first kappa shape index (κ1) is 19.7. The first-order valence-corrected chi connectivity index (χ1v) is 10.2. The summed E-state index contributed by atoms with van der Waals surface area (Å²) in [6, 6.07) is 10.4. The SMILES string of the molecule is CCC(=O)Nc1ccc(S(=O)(=O)Nc2ccc3c(c2)C(=O)N(C)CCO3)cc1. The number of nitrogens with zero attached hydrogens (tertiary/aromatic N) is 1. The molecule has 148 valence electrons. The van der Waals surface area contributed by atoms with Gasteiger partial charge in [-0.1, -0.05) is 6.92 Å². The second kappa shape index (κ2) is 7.89. The summed E-state index contributed by atoms with van der Waals surface area (Å²) in [6.07, 6.45) is 0.331. The number of hydrogen-bond donors (Lipinski definition) is 2. The van der Waals surface area contributed by atoms with Crippen molar-refractivity contribution >= 4 is 33.2 Å². The van der Waals surface area contributed by atoms with Crippen molar-refractivity contribution in [3.05, 3.63) is 48.0 Å². The van der Waals surface area contributed by atoms with Gasteiger partial charge in [0, 0.05) is 24.8 Å². The van der Waals surface area contributed by atoms with Crippen LogP contribution < -0.4 is 14.8 Å². The van der Waals surface area contributed by atoms with E-state index in [0.717, 1.165) is 0 Å². The van der Waals surface area contributed by atoms with Gasteiger partial charge in [0.25, 0.3) is 15.9 Å². The van der Waals surface area contributed by atoms with E-state index < -0.39 is 10.0 Å². The first-order chi connectivity index (χ1) is 13.3. The van der Waals surface area contributed by atoms with Gasteiger partial charge < -0.3 is 15.0 Å². The molecular formula is C19H21N3O5S. The van der Waals surface area contributed by atoms with E-state index in [-0.39, 0.29) is 22.4 Å². The van der Waals surface area contributed by atoms with Crippen LogP contribution in [0.1, 0.15) is 23.7 Å². The third-order valence-corrected chi connectivity index (χ3v) is 5.66. The Hall–Kier alpha value is -3.07. The van der Waals surface area contributed by atoms with E-state index in [1.165, 1.54) is 35.2 Å². The molecule has 0 atom stereocenters. The molecule has 2 N–H and O–H groups in total. The molecule has 0 fully saturated rings. The number of benzene rings is 2.